The summed E-state index contributed by atoms with van der Waals surface area (Å²) in [4.78, 5) is 2.99. The minimum atomic E-state index is -4.85. The van der Waals surface area contributed by atoms with E-state index in [0.29, 0.717) is 12.1 Å². The van der Waals surface area contributed by atoms with Crippen molar-refractivity contribution in [2.75, 3.05) is 5.73 Å². The molecule has 4 nitrogen and oxygen atoms in total. The lowest BCUT2D eigenvalue weighted by molar-refractivity contribution is -0.146. The number of hydrogen-bond donors (Lipinski definition) is 1. The number of rotatable bonds is 1. The molecule has 0 saturated heterocycles. The Morgan fingerprint density at radius 2 is 1.60 bits per heavy atom. The molecule has 10 heteroatoms. The fourth-order valence-corrected chi connectivity index (χ4v) is 1.39. The van der Waals surface area contributed by atoms with Gasteiger partial charge in [0.25, 0.3) is 11.7 Å². The van der Waals surface area contributed by atoms with E-state index in [1.54, 1.807) is 0 Å². The number of benzene rings is 1. The second-order valence-corrected chi connectivity index (χ2v) is 3.76. The zero-order valence-corrected chi connectivity index (χ0v) is 9.38. The Labute approximate surface area is 107 Å². The fraction of sp³-hybridized carbons (Fsp3) is 0.200. The largest absolute Gasteiger partial charge is 0.455 e. The van der Waals surface area contributed by atoms with Crippen LogP contribution in [-0.4, -0.2) is 10.1 Å². The van der Waals surface area contributed by atoms with Crippen molar-refractivity contribution in [1.82, 2.24) is 10.1 Å². The van der Waals surface area contributed by atoms with Crippen LogP contribution >= 0.6 is 0 Å². The van der Waals surface area contributed by atoms with Gasteiger partial charge in [-0.3, -0.25) is 0 Å². The van der Waals surface area contributed by atoms with E-state index in [1.807, 2.05) is 0 Å². The molecule has 1 aromatic heterocycles. The van der Waals surface area contributed by atoms with E-state index >= 15 is 0 Å². The van der Waals surface area contributed by atoms with Gasteiger partial charge < -0.3 is 10.3 Å². The lowest BCUT2D eigenvalue weighted by Gasteiger charge is -2.08. The van der Waals surface area contributed by atoms with Crippen LogP contribution < -0.4 is 5.73 Å². The molecule has 0 saturated carbocycles. The summed E-state index contributed by atoms with van der Waals surface area (Å²) in [7, 11) is 0. The highest BCUT2D eigenvalue weighted by atomic mass is 19.4. The molecule has 2 rings (SSSR count). The molecule has 0 aliphatic rings. The number of alkyl halides is 6. The van der Waals surface area contributed by atoms with Crippen molar-refractivity contribution in [3.8, 4) is 11.5 Å². The van der Waals surface area contributed by atoms with Crippen molar-refractivity contribution in [3.63, 3.8) is 0 Å². The molecule has 2 N–H and O–H groups in total. The third-order valence-corrected chi connectivity index (χ3v) is 2.21. The van der Waals surface area contributed by atoms with Crippen LogP contribution in [-0.2, 0) is 12.4 Å². The van der Waals surface area contributed by atoms with Gasteiger partial charge in [0.1, 0.15) is 0 Å². The van der Waals surface area contributed by atoms with Gasteiger partial charge >= 0.3 is 12.4 Å². The van der Waals surface area contributed by atoms with Crippen molar-refractivity contribution in [1.29, 1.82) is 0 Å². The summed E-state index contributed by atoms with van der Waals surface area (Å²) in [6.45, 7) is 0. The van der Waals surface area contributed by atoms with Crippen LogP contribution in [0.3, 0.4) is 0 Å². The predicted octanol–water partition coefficient (Wildman–Crippen LogP) is 3.36. The predicted molar refractivity (Wildman–Crippen MR) is 54.2 cm³/mol. The number of nitrogen functional groups attached to an aromatic ring is 1. The lowest BCUT2D eigenvalue weighted by atomic mass is 10.1. The minimum absolute atomic E-state index is 0.290. The molecule has 0 aliphatic carbocycles. The van der Waals surface area contributed by atoms with Crippen LogP contribution in [0.1, 0.15) is 11.4 Å². The quantitative estimate of drug-likeness (QED) is 0.647. The number of nitrogens with two attached hydrogens (primary N) is 1. The van der Waals surface area contributed by atoms with Gasteiger partial charge in [-0.2, -0.15) is 31.3 Å². The maximum absolute atomic E-state index is 12.6. The Balaban J connectivity index is 2.48. The van der Waals surface area contributed by atoms with Gasteiger partial charge in [0, 0.05) is 11.3 Å². The van der Waals surface area contributed by atoms with Crippen molar-refractivity contribution in [2.45, 2.75) is 12.4 Å². The second kappa shape index (κ2) is 4.39. The van der Waals surface area contributed by atoms with Crippen molar-refractivity contribution < 1.29 is 30.9 Å². The molecular weight excluding hydrogens is 292 g/mol. The Hall–Kier alpha value is -2.26. The third kappa shape index (κ3) is 2.83. The van der Waals surface area contributed by atoms with Crippen molar-refractivity contribution in [3.05, 3.63) is 29.6 Å². The summed E-state index contributed by atoms with van der Waals surface area (Å²) >= 11 is 0. The van der Waals surface area contributed by atoms with E-state index in [2.05, 4.69) is 14.7 Å². The number of hydrogen-bond acceptors (Lipinski definition) is 4. The van der Waals surface area contributed by atoms with Gasteiger partial charge in [-0.05, 0) is 18.2 Å². The van der Waals surface area contributed by atoms with Crippen LogP contribution in [0.15, 0.2) is 22.7 Å². The summed E-state index contributed by atoms with van der Waals surface area (Å²) in [5.74, 6) is -2.28. The zero-order valence-electron chi connectivity index (χ0n) is 9.38. The van der Waals surface area contributed by atoms with Gasteiger partial charge in [0.15, 0.2) is 0 Å². The highest BCUT2D eigenvalue weighted by molar-refractivity contribution is 5.62. The number of aromatic nitrogens is 2. The smallest absolute Gasteiger partial charge is 0.399 e. The van der Waals surface area contributed by atoms with Crippen molar-refractivity contribution >= 4 is 5.69 Å². The Morgan fingerprint density at radius 1 is 0.950 bits per heavy atom. The van der Waals surface area contributed by atoms with Gasteiger partial charge in [0.05, 0.1) is 5.56 Å². The molecule has 1 heterocycles. The SMILES string of the molecule is Nc1cc(-c2nc(C(F)(F)F)no2)cc(C(F)(F)F)c1. The van der Waals surface area contributed by atoms with Crippen LogP contribution in [0.25, 0.3) is 11.5 Å². The van der Waals surface area contributed by atoms with Gasteiger partial charge in [-0.1, -0.05) is 5.16 Å². The lowest BCUT2D eigenvalue weighted by Crippen LogP contribution is -2.07. The van der Waals surface area contributed by atoms with E-state index < -0.39 is 29.6 Å². The van der Waals surface area contributed by atoms with Gasteiger partial charge in [-0.25, -0.2) is 0 Å². The second-order valence-electron chi connectivity index (χ2n) is 3.76. The molecule has 2 aromatic rings. The molecule has 1 aromatic carbocycles. The summed E-state index contributed by atoms with van der Waals surface area (Å²) in [6.07, 6.45) is -9.55. The molecular formula is C10H5F6N3O. The summed E-state index contributed by atoms with van der Waals surface area (Å²) in [6, 6.07) is 2.22. The van der Waals surface area contributed by atoms with Crippen LogP contribution in [0.5, 0.6) is 0 Å². The third-order valence-electron chi connectivity index (χ3n) is 2.21. The van der Waals surface area contributed by atoms with E-state index in [4.69, 9.17) is 5.73 Å². The summed E-state index contributed by atoms with van der Waals surface area (Å²) < 4.78 is 78.8. The Morgan fingerprint density at radius 3 is 2.10 bits per heavy atom. The first-order chi connectivity index (χ1) is 9.07. The topological polar surface area (TPSA) is 64.9 Å². The van der Waals surface area contributed by atoms with E-state index in [-0.39, 0.29) is 11.3 Å². The first kappa shape index (κ1) is 14.2. The minimum Gasteiger partial charge on any atom is -0.399 e. The average molecular weight is 297 g/mol. The Kier molecular flexibility index (Phi) is 3.11. The first-order valence-electron chi connectivity index (χ1n) is 4.96. The van der Waals surface area contributed by atoms with E-state index in [9.17, 15) is 26.3 Å². The molecule has 20 heavy (non-hydrogen) atoms. The van der Waals surface area contributed by atoms with Gasteiger partial charge in [0.2, 0.25) is 0 Å². The maximum Gasteiger partial charge on any atom is 0.455 e. The highest BCUT2D eigenvalue weighted by Crippen LogP contribution is 2.34. The standard InChI is InChI=1S/C10H5F6N3O/c11-9(12,13)5-1-4(2-6(17)3-5)7-18-8(19-20-7)10(14,15)16/h1-3H,17H2. The van der Waals surface area contributed by atoms with Crippen molar-refractivity contribution in [2.24, 2.45) is 0 Å². The molecule has 0 spiro atoms. The summed E-state index contributed by atoms with van der Waals surface area (Å²) in [5, 5.41) is 2.65. The molecule has 0 bridgehead atoms. The van der Waals surface area contributed by atoms with E-state index in [0.717, 1.165) is 6.07 Å². The summed E-state index contributed by atoms with van der Waals surface area (Å²) in [5.41, 5.74) is 3.51. The van der Waals surface area contributed by atoms with Crippen LogP contribution in [0.4, 0.5) is 32.0 Å². The molecule has 108 valence electrons. The monoisotopic (exact) mass is 297 g/mol. The molecule has 0 unspecified atom stereocenters. The number of anilines is 1. The molecule has 0 fully saturated rings. The molecule has 0 amide bonds. The number of nitrogens with zero attached hydrogens (tertiary/aromatic N) is 2. The fourth-order valence-electron chi connectivity index (χ4n) is 1.39. The maximum atomic E-state index is 12.6. The first-order valence-corrected chi connectivity index (χ1v) is 4.96. The van der Waals surface area contributed by atoms with Crippen LogP contribution in [0.2, 0.25) is 0 Å². The molecule has 0 atom stereocenters. The zero-order chi connectivity index (χ0) is 15.1. The number of halogens is 6. The molecule has 0 aliphatic heterocycles. The van der Waals surface area contributed by atoms with Crippen LogP contribution in [0, 0.1) is 0 Å². The molecule has 0 radical (unpaired) electrons. The normalized spacial score (nSPS) is 12.7. The average Bonchev–Trinajstić information content (AvgIpc) is 2.75. The highest BCUT2D eigenvalue weighted by Gasteiger charge is 2.38. The van der Waals surface area contributed by atoms with E-state index in [1.165, 1.54) is 0 Å². The Bertz CT molecular complexity index is 631. The van der Waals surface area contributed by atoms with Gasteiger partial charge in [-0.15, -0.1) is 0 Å².